The van der Waals surface area contributed by atoms with E-state index in [-0.39, 0.29) is 5.69 Å². The summed E-state index contributed by atoms with van der Waals surface area (Å²) in [6.45, 7) is 3.34. The van der Waals surface area contributed by atoms with E-state index in [4.69, 9.17) is 5.11 Å². The van der Waals surface area contributed by atoms with Crippen LogP contribution in [0.5, 0.6) is 0 Å². The smallest absolute Gasteiger partial charge is 0.416 e. The molecule has 0 spiro atoms. The normalized spacial score (nSPS) is 16.5. The first-order chi connectivity index (χ1) is 10.4. The largest absolute Gasteiger partial charge is 0.480 e. The van der Waals surface area contributed by atoms with Crippen LogP contribution in [0.1, 0.15) is 11.1 Å². The summed E-state index contributed by atoms with van der Waals surface area (Å²) in [5, 5.41) is 14.5. The molecule has 22 heavy (non-hydrogen) atoms. The molecule has 1 heterocycles. The van der Waals surface area contributed by atoms with Gasteiger partial charge in [-0.1, -0.05) is 6.07 Å². The number of carboxylic acids is 1. The zero-order chi connectivity index (χ0) is 16.2. The van der Waals surface area contributed by atoms with Gasteiger partial charge < -0.3 is 15.7 Å². The van der Waals surface area contributed by atoms with Gasteiger partial charge >= 0.3 is 12.1 Å². The van der Waals surface area contributed by atoms with Crippen LogP contribution in [0.25, 0.3) is 0 Å². The Morgan fingerprint density at radius 1 is 1.32 bits per heavy atom. The number of hydrogen-bond acceptors (Lipinski definition) is 4. The Labute approximate surface area is 126 Å². The Balaban J connectivity index is 2.20. The van der Waals surface area contributed by atoms with Crippen LogP contribution in [-0.2, 0) is 17.5 Å². The van der Waals surface area contributed by atoms with Gasteiger partial charge in [0.05, 0.1) is 5.56 Å². The van der Waals surface area contributed by atoms with Crippen molar-refractivity contribution < 1.29 is 23.1 Å². The molecule has 1 aliphatic heterocycles. The lowest BCUT2D eigenvalue weighted by Crippen LogP contribution is -2.43. The van der Waals surface area contributed by atoms with Crippen molar-refractivity contribution in [3.63, 3.8) is 0 Å². The third-order valence-corrected chi connectivity index (χ3v) is 3.47. The maximum atomic E-state index is 12.8. The number of aliphatic carboxylic acids is 1. The summed E-state index contributed by atoms with van der Waals surface area (Å²) in [7, 11) is 0. The number of rotatable bonds is 5. The molecule has 0 unspecified atom stereocenters. The summed E-state index contributed by atoms with van der Waals surface area (Å²) >= 11 is 0. The molecule has 3 N–H and O–H groups in total. The number of nitrogens with zero attached hydrogens (tertiary/aromatic N) is 1. The number of piperazine rings is 1. The Bertz CT molecular complexity index is 529. The Kier molecular flexibility index (Phi) is 5.25. The second kappa shape index (κ2) is 6.97. The van der Waals surface area contributed by atoms with Gasteiger partial charge in [0.15, 0.2) is 0 Å². The highest BCUT2D eigenvalue weighted by Crippen LogP contribution is 2.32. The lowest BCUT2D eigenvalue weighted by Gasteiger charge is -2.28. The van der Waals surface area contributed by atoms with Gasteiger partial charge in [-0.2, -0.15) is 13.2 Å². The van der Waals surface area contributed by atoms with E-state index in [0.29, 0.717) is 12.1 Å². The number of benzene rings is 1. The van der Waals surface area contributed by atoms with Crippen molar-refractivity contribution in [1.29, 1.82) is 0 Å². The predicted octanol–water partition coefficient (Wildman–Crippen LogP) is 1.61. The highest BCUT2D eigenvalue weighted by molar-refractivity contribution is 5.73. The first kappa shape index (κ1) is 16.6. The number of nitrogens with one attached hydrogen (secondary N) is 2. The van der Waals surface area contributed by atoms with Crippen molar-refractivity contribution in [2.24, 2.45) is 0 Å². The van der Waals surface area contributed by atoms with Gasteiger partial charge in [-0.25, -0.2) is 0 Å². The first-order valence-corrected chi connectivity index (χ1v) is 6.95. The molecular formula is C14H18F3N3O2. The van der Waals surface area contributed by atoms with Crippen LogP contribution >= 0.6 is 0 Å². The molecule has 0 radical (unpaired) electrons. The highest BCUT2D eigenvalue weighted by atomic mass is 19.4. The van der Waals surface area contributed by atoms with E-state index in [9.17, 15) is 18.0 Å². The van der Waals surface area contributed by atoms with Crippen molar-refractivity contribution in [3.8, 4) is 0 Å². The molecule has 8 heteroatoms. The van der Waals surface area contributed by atoms with Gasteiger partial charge in [-0.05, 0) is 17.7 Å². The molecule has 0 amide bonds. The molecule has 122 valence electrons. The lowest BCUT2D eigenvalue weighted by atomic mass is 10.1. The first-order valence-electron chi connectivity index (χ1n) is 6.95. The van der Waals surface area contributed by atoms with Gasteiger partial charge in [0.25, 0.3) is 0 Å². The highest BCUT2D eigenvalue weighted by Gasteiger charge is 2.31. The standard InChI is InChI=1S/C14H18F3N3O2/c15-14(16,17)11-2-1-10(9-20-5-3-18-4-6-20)12(7-11)19-8-13(21)22/h1-2,7,18-19H,3-6,8-9H2,(H,21,22). The molecule has 5 nitrogen and oxygen atoms in total. The van der Waals surface area contributed by atoms with Crippen LogP contribution < -0.4 is 10.6 Å². The van der Waals surface area contributed by atoms with Crippen LogP contribution in [0.3, 0.4) is 0 Å². The van der Waals surface area contributed by atoms with Crippen molar-refractivity contribution in [1.82, 2.24) is 10.2 Å². The summed E-state index contributed by atoms with van der Waals surface area (Å²) in [5.41, 5.74) is 0.0938. The quantitative estimate of drug-likeness (QED) is 0.770. The lowest BCUT2D eigenvalue weighted by molar-refractivity contribution is -0.137. The zero-order valence-electron chi connectivity index (χ0n) is 11.9. The van der Waals surface area contributed by atoms with Crippen LogP contribution in [0.4, 0.5) is 18.9 Å². The van der Waals surface area contributed by atoms with E-state index >= 15 is 0 Å². The van der Waals surface area contributed by atoms with Crippen molar-refractivity contribution in [2.45, 2.75) is 12.7 Å². The maximum Gasteiger partial charge on any atom is 0.416 e. The summed E-state index contributed by atoms with van der Waals surface area (Å²) in [4.78, 5) is 12.8. The third-order valence-electron chi connectivity index (χ3n) is 3.47. The topological polar surface area (TPSA) is 64.6 Å². The molecule has 0 aliphatic carbocycles. The van der Waals surface area contributed by atoms with Gasteiger partial charge in [-0.3, -0.25) is 9.69 Å². The third kappa shape index (κ3) is 4.60. The average Bonchev–Trinajstić information content (AvgIpc) is 2.46. The second-order valence-corrected chi connectivity index (χ2v) is 5.14. The fourth-order valence-corrected chi connectivity index (χ4v) is 2.34. The maximum absolute atomic E-state index is 12.8. The molecule has 0 atom stereocenters. The molecule has 0 bridgehead atoms. The van der Waals surface area contributed by atoms with Crippen LogP contribution in [0, 0.1) is 0 Å². The molecular weight excluding hydrogens is 299 g/mol. The molecule has 2 rings (SSSR count). The molecule has 0 saturated carbocycles. The SMILES string of the molecule is O=C(O)CNc1cc(C(F)(F)F)ccc1CN1CCNCC1. The summed E-state index contributed by atoms with van der Waals surface area (Å²) in [5.74, 6) is -1.12. The van der Waals surface area contributed by atoms with Crippen LogP contribution in [-0.4, -0.2) is 48.7 Å². The molecule has 0 aromatic heterocycles. The van der Waals surface area contributed by atoms with E-state index in [0.717, 1.165) is 38.3 Å². The minimum Gasteiger partial charge on any atom is -0.480 e. The van der Waals surface area contributed by atoms with E-state index < -0.39 is 24.3 Å². The number of carboxylic acid groups (broad SMARTS) is 1. The van der Waals surface area contributed by atoms with Gasteiger partial charge in [0.1, 0.15) is 6.54 Å². The predicted molar refractivity (Wildman–Crippen MR) is 75.7 cm³/mol. The number of carbonyl (C=O) groups is 1. The van der Waals surface area contributed by atoms with Gasteiger partial charge in [-0.15, -0.1) is 0 Å². The van der Waals surface area contributed by atoms with Crippen LogP contribution in [0.15, 0.2) is 18.2 Å². The zero-order valence-corrected chi connectivity index (χ0v) is 11.9. The van der Waals surface area contributed by atoms with Crippen molar-refractivity contribution in [2.75, 3.05) is 38.0 Å². The van der Waals surface area contributed by atoms with Crippen molar-refractivity contribution in [3.05, 3.63) is 29.3 Å². The van der Waals surface area contributed by atoms with Crippen LogP contribution in [0.2, 0.25) is 0 Å². The Morgan fingerprint density at radius 3 is 2.59 bits per heavy atom. The molecule has 1 saturated heterocycles. The fourth-order valence-electron chi connectivity index (χ4n) is 2.34. The summed E-state index contributed by atoms with van der Waals surface area (Å²) < 4.78 is 38.4. The summed E-state index contributed by atoms with van der Waals surface area (Å²) in [6, 6.07) is 3.42. The van der Waals surface area contributed by atoms with E-state index in [1.165, 1.54) is 6.07 Å². The number of alkyl halides is 3. The number of halogens is 3. The van der Waals surface area contributed by atoms with Gasteiger partial charge in [0, 0.05) is 38.4 Å². The Morgan fingerprint density at radius 2 is 2.00 bits per heavy atom. The van der Waals surface area contributed by atoms with E-state index in [1.54, 1.807) is 0 Å². The number of hydrogen-bond donors (Lipinski definition) is 3. The minimum absolute atomic E-state index is 0.218. The fraction of sp³-hybridized carbons (Fsp3) is 0.500. The molecule has 1 fully saturated rings. The summed E-state index contributed by atoms with van der Waals surface area (Å²) in [6.07, 6.45) is -4.45. The van der Waals surface area contributed by atoms with E-state index in [2.05, 4.69) is 15.5 Å². The van der Waals surface area contributed by atoms with E-state index in [1.807, 2.05) is 0 Å². The number of anilines is 1. The van der Waals surface area contributed by atoms with Crippen molar-refractivity contribution >= 4 is 11.7 Å². The minimum atomic E-state index is -4.45. The molecule has 1 aliphatic rings. The molecule has 1 aromatic rings. The Hall–Kier alpha value is -1.80. The molecule has 1 aromatic carbocycles. The average molecular weight is 317 g/mol. The van der Waals surface area contributed by atoms with Gasteiger partial charge in [0.2, 0.25) is 0 Å². The monoisotopic (exact) mass is 317 g/mol. The second-order valence-electron chi connectivity index (χ2n) is 5.14.